The third kappa shape index (κ3) is 4.65. The zero-order valence-corrected chi connectivity index (χ0v) is 17.6. The minimum atomic E-state index is -3.48. The Balaban J connectivity index is 0.00000261. The number of nitrogens with two attached hydrogens (primary N) is 1. The highest BCUT2D eigenvalue weighted by atomic mass is 35.5. The highest BCUT2D eigenvalue weighted by Gasteiger charge is 2.38. The van der Waals surface area contributed by atoms with Crippen molar-refractivity contribution in [2.45, 2.75) is 44.0 Å². The lowest BCUT2D eigenvalue weighted by atomic mass is 9.96. The van der Waals surface area contributed by atoms with Crippen LogP contribution in [0.15, 0.2) is 29.2 Å². The van der Waals surface area contributed by atoms with Crippen LogP contribution < -0.4 is 5.73 Å². The summed E-state index contributed by atoms with van der Waals surface area (Å²) in [6, 6.07) is 7.16. The van der Waals surface area contributed by atoms with E-state index in [-0.39, 0.29) is 30.3 Å². The monoisotopic (exact) mass is 415 g/mol. The van der Waals surface area contributed by atoms with Crippen molar-refractivity contribution >= 4 is 28.3 Å². The Kier molecular flexibility index (Phi) is 7.30. The summed E-state index contributed by atoms with van der Waals surface area (Å²) in [5, 5.41) is 0. The zero-order valence-electron chi connectivity index (χ0n) is 16.0. The minimum absolute atomic E-state index is 0. The number of carbonyl (C=O) groups is 1. The van der Waals surface area contributed by atoms with Crippen molar-refractivity contribution in [2.24, 2.45) is 17.6 Å². The Morgan fingerprint density at radius 3 is 2.30 bits per heavy atom. The molecule has 0 aliphatic carbocycles. The van der Waals surface area contributed by atoms with Crippen molar-refractivity contribution in [3.63, 3.8) is 0 Å². The summed E-state index contributed by atoms with van der Waals surface area (Å²) in [6.07, 6.45) is 2.13. The third-order valence-corrected chi connectivity index (χ3v) is 7.65. The number of rotatable bonds is 4. The van der Waals surface area contributed by atoms with Crippen molar-refractivity contribution in [3.05, 3.63) is 29.8 Å². The van der Waals surface area contributed by atoms with Gasteiger partial charge in [-0.2, -0.15) is 4.31 Å². The second-order valence-electron chi connectivity index (χ2n) is 7.67. The van der Waals surface area contributed by atoms with E-state index in [1.165, 1.54) is 4.31 Å². The number of piperidine rings is 1. The van der Waals surface area contributed by atoms with Gasteiger partial charge in [-0.05, 0) is 57.7 Å². The molecule has 6 nitrogen and oxygen atoms in total. The predicted octanol–water partition coefficient (Wildman–Crippen LogP) is 2.01. The van der Waals surface area contributed by atoms with Gasteiger partial charge in [-0.3, -0.25) is 4.79 Å². The Morgan fingerprint density at radius 1 is 1.19 bits per heavy atom. The van der Waals surface area contributed by atoms with Gasteiger partial charge in [-0.25, -0.2) is 8.42 Å². The van der Waals surface area contributed by atoms with Gasteiger partial charge >= 0.3 is 0 Å². The maximum atomic E-state index is 12.9. The molecule has 27 heavy (non-hydrogen) atoms. The minimum Gasteiger partial charge on any atom is -0.339 e. The number of nitrogens with zero attached hydrogens (tertiary/aromatic N) is 2. The van der Waals surface area contributed by atoms with Crippen LogP contribution >= 0.6 is 12.4 Å². The van der Waals surface area contributed by atoms with Crippen LogP contribution in [0.4, 0.5) is 0 Å². The van der Waals surface area contributed by atoms with Crippen LogP contribution in [-0.4, -0.2) is 55.8 Å². The van der Waals surface area contributed by atoms with Gasteiger partial charge in [-0.15, -0.1) is 12.4 Å². The topological polar surface area (TPSA) is 83.7 Å². The first-order chi connectivity index (χ1) is 12.3. The Hall–Kier alpha value is -1.15. The number of hydrogen-bond donors (Lipinski definition) is 1. The van der Waals surface area contributed by atoms with E-state index in [0.717, 1.165) is 18.5 Å². The van der Waals surface area contributed by atoms with Gasteiger partial charge in [0.15, 0.2) is 0 Å². The number of benzene rings is 1. The Morgan fingerprint density at radius 2 is 1.78 bits per heavy atom. The normalized spacial score (nSPS) is 24.6. The maximum absolute atomic E-state index is 12.9. The summed E-state index contributed by atoms with van der Waals surface area (Å²) >= 11 is 0. The van der Waals surface area contributed by atoms with Crippen LogP contribution in [0.25, 0.3) is 0 Å². The van der Waals surface area contributed by atoms with E-state index in [2.05, 4.69) is 6.92 Å². The van der Waals surface area contributed by atoms with E-state index >= 15 is 0 Å². The number of amides is 1. The molecule has 2 fully saturated rings. The van der Waals surface area contributed by atoms with Crippen molar-refractivity contribution in [1.82, 2.24) is 9.21 Å². The fraction of sp³-hybridized carbons (Fsp3) is 0.632. The van der Waals surface area contributed by atoms with E-state index < -0.39 is 10.0 Å². The molecule has 1 aromatic rings. The molecule has 2 atom stereocenters. The maximum Gasteiger partial charge on any atom is 0.243 e. The summed E-state index contributed by atoms with van der Waals surface area (Å²) in [7, 11) is -3.48. The predicted molar refractivity (Wildman–Crippen MR) is 108 cm³/mol. The van der Waals surface area contributed by atoms with Crippen molar-refractivity contribution in [3.8, 4) is 0 Å². The average Bonchev–Trinajstić information content (AvgIpc) is 3.02. The lowest BCUT2D eigenvalue weighted by molar-refractivity contribution is -0.137. The number of hydrogen-bond acceptors (Lipinski definition) is 4. The molecule has 2 aliphatic heterocycles. The van der Waals surface area contributed by atoms with Gasteiger partial charge in [0.2, 0.25) is 15.9 Å². The molecule has 2 heterocycles. The molecule has 2 N–H and O–H groups in total. The number of likely N-dealkylation sites (tertiary alicyclic amines) is 1. The summed E-state index contributed by atoms with van der Waals surface area (Å²) < 4.78 is 27.1. The molecule has 0 aromatic heterocycles. The Labute approximate surface area is 168 Å². The first-order valence-electron chi connectivity index (χ1n) is 9.40. The quantitative estimate of drug-likeness (QED) is 0.815. The van der Waals surface area contributed by atoms with E-state index in [4.69, 9.17) is 5.73 Å². The molecule has 0 saturated carbocycles. The van der Waals surface area contributed by atoms with Crippen molar-refractivity contribution < 1.29 is 13.2 Å². The molecule has 2 saturated heterocycles. The number of carbonyl (C=O) groups excluding carboxylic acids is 1. The molecular formula is C19H30ClN3O3S. The molecule has 0 radical (unpaired) electrons. The molecule has 152 valence electrons. The summed E-state index contributed by atoms with van der Waals surface area (Å²) in [6.45, 7) is 6.15. The first kappa shape index (κ1) is 22.1. The van der Waals surface area contributed by atoms with Gasteiger partial charge in [-0.1, -0.05) is 17.7 Å². The van der Waals surface area contributed by atoms with Gasteiger partial charge in [0, 0.05) is 31.6 Å². The zero-order chi connectivity index (χ0) is 18.9. The molecular weight excluding hydrogens is 386 g/mol. The van der Waals surface area contributed by atoms with Crippen LogP contribution in [0, 0.1) is 18.8 Å². The molecule has 2 unspecified atom stereocenters. The molecule has 1 aromatic carbocycles. The van der Waals surface area contributed by atoms with Gasteiger partial charge in [0.25, 0.3) is 0 Å². The second kappa shape index (κ2) is 8.90. The van der Waals surface area contributed by atoms with Gasteiger partial charge < -0.3 is 10.6 Å². The summed E-state index contributed by atoms with van der Waals surface area (Å²) in [5.41, 5.74) is 6.79. The second-order valence-corrected chi connectivity index (χ2v) is 9.61. The molecule has 8 heteroatoms. The summed E-state index contributed by atoms with van der Waals surface area (Å²) in [5.74, 6) is 0.468. The SMILES string of the molecule is Cc1ccc(S(=O)(=O)N2CCC(C(=O)N3CC(CN)CC3C)CC2)cc1.Cl. The molecule has 3 rings (SSSR count). The Bertz CT molecular complexity index is 746. The van der Waals surface area contributed by atoms with Crippen LogP contribution in [0.3, 0.4) is 0 Å². The van der Waals surface area contributed by atoms with Crippen LogP contribution in [0.1, 0.15) is 31.7 Å². The number of sulfonamides is 1. The smallest absolute Gasteiger partial charge is 0.243 e. The highest BCUT2D eigenvalue weighted by Crippen LogP contribution is 2.29. The highest BCUT2D eigenvalue weighted by molar-refractivity contribution is 7.89. The average molecular weight is 416 g/mol. The summed E-state index contributed by atoms with van der Waals surface area (Å²) in [4.78, 5) is 15.1. The van der Waals surface area contributed by atoms with E-state index in [0.29, 0.717) is 43.3 Å². The van der Waals surface area contributed by atoms with E-state index in [1.807, 2.05) is 24.0 Å². The third-order valence-electron chi connectivity index (χ3n) is 5.74. The lowest BCUT2D eigenvalue weighted by Gasteiger charge is -2.33. The van der Waals surface area contributed by atoms with Gasteiger partial charge in [0.1, 0.15) is 0 Å². The van der Waals surface area contributed by atoms with Gasteiger partial charge in [0.05, 0.1) is 4.90 Å². The number of halogens is 1. The molecule has 2 aliphatic rings. The molecule has 0 bridgehead atoms. The standard InChI is InChI=1S/C19H29N3O3S.ClH/c1-14-3-5-18(6-4-14)26(24,25)21-9-7-17(8-10-21)19(23)22-13-16(12-20)11-15(22)2;/h3-6,15-17H,7-13,20H2,1-2H3;1H. The lowest BCUT2D eigenvalue weighted by Crippen LogP contribution is -2.45. The molecule has 1 amide bonds. The van der Waals surface area contributed by atoms with Crippen LogP contribution in [0.2, 0.25) is 0 Å². The largest absolute Gasteiger partial charge is 0.339 e. The first-order valence-corrected chi connectivity index (χ1v) is 10.8. The van der Waals surface area contributed by atoms with E-state index in [9.17, 15) is 13.2 Å². The molecule has 0 spiro atoms. The van der Waals surface area contributed by atoms with Crippen LogP contribution in [-0.2, 0) is 14.8 Å². The van der Waals surface area contributed by atoms with E-state index in [1.54, 1.807) is 12.1 Å². The fourth-order valence-electron chi connectivity index (χ4n) is 4.06. The fourth-order valence-corrected chi connectivity index (χ4v) is 5.53. The van der Waals surface area contributed by atoms with Crippen LogP contribution in [0.5, 0.6) is 0 Å². The van der Waals surface area contributed by atoms with Crippen molar-refractivity contribution in [2.75, 3.05) is 26.2 Å². The number of aryl methyl sites for hydroxylation is 1. The van der Waals surface area contributed by atoms with Crippen molar-refractivity contribution in [1.29, 1.82) is 0 Å².